The molecule has 4 aliphatic rings. The van der Waals surface area contributed by atoms with Crippen molar-refractivity contribution in [2.45, 2.75) is 59.3 Å². The van der Waals surface area contributed by atoms with E-state index in [0.29, 0.717) is 18.3 Å². The summed E-state index contributed by atoms with van der Waals surface area (Å²) in [6, 6.07) is 0. The number of hydrogen-bond acceptors (Lipinski definition) is 4. The lowest BCUT2D eigenvalue weighted by atomic mass is 9.51. The molecule has 0 N–H and O–H groups in total. The van der Waals surface area contributed by atoms with Crippen molar-refractivity contribution in [3.05, 3.63) is 34.9 Å². The standard InChI is InChI=1S/C23H28O4/c1-14(24)27-13-21(26)20-7-6-18-17-5-4-15-12-16(25)8-10-22(15,2)19(17)9-11-23(18,20)3/h7,9,12,17-18H,4-6,8,10-11,13H2,1-3H3/t17-,18+,22-,23+/m0/s1. The van der Waals surface area contributed by atoms with Crippen LogP contribution >= 0.6 is 0 Å². The number of hydrogen-bond donors (Lipinski definition) is 0. The zero-order valence-corrected chi connectivity index (χ0v) is 16.5. The molecule has 0 aliphatic heterocycles. The smallest absolute Gasteiger partial charge is 0.303 e. The van der Waals surface area contributed by atoms with E-state index >= 15 is 0 Å². The summed E-state index contributed by atoms with van der Waals surface area (Å²) in [6.45, 7) is 5.69. The Balaban J connectivity index is 1.62. The highest BCUT2D eigenvalue weighted by atomic mass is 16.5. The van der Waals surface area contributed by atoms with Crippen LogP contribution in [-0.4, -0.2) is 24.1 Å². The number of carbonyl (C=O) groups is 3. The molecule has 0 spiro atoms. The molecule has 4 atom stereocenters. The minimum Gasteiger partial charge on any atom is -0.457 e. The number of ether oxygens (including phenoxy) is 1. The van der Waals surface area contributed by atoms with E-state index in [1.807, 2.05) is 6.08 Å². The zero-order valence-electron chi connectivity index (χ0n) is 16.5. The van der Waals surface area contributed by atoms with Gasteiger partial charge >= 0.3 is 5.97 Å². The van der Waals surface area contributed by atoms with Crippen molar-refractivity contribution in [3.63, 3.8) is 0 Å². The van der Waals surface area contributed by atoms with Crippen molar-refractivity contribution in [2.75, 3.05) is 6.61 Å². The van der Waals surface area contributed by atoms with Gasteiger partial charge < -0.3 is 4.74 Å². The summed E-state index contributed by atoms with van der Waals surface area (Å²) in [6.07, 6.45) is 11.7. The highest BCUT2D eigenvalue weighted by molar-refractivity contribution is 5.99. The number of ketones is 2. The van der Waals surface area contributed by atoms with E-state index in [4.69, 9.17) is 4.74 Å². The number of Topliss-reactive ketones (excluding diaryl/α,β-unsaturated/α-hetero) is 1. The van der Waals surface area contributed by atoms with Gasteiger partial charge in [0.25, 0.3) is 0 Å². The van der Waals surface area contributed by atoms with Gasteiger partial charge in [0.1, 0.15) is 0 Å². The molecule has 4 heteroatoms. The molecule has 0 unspecified atom stereocenters. The predicted molar refractivity (Wildman–Crippen MR) is 102 cm³/mol. The molecule has 1 saturated carbocycles. The molecule has 27 heavy (non-hydrogen) atoms. The van der Waals surface area contributed by atoms with E-state index in [9.17, 15) is 14.4 Å². The minimum atomic E-state index is -0.416. The van der Waals surface area contributed by atoms with Crippen LogP contribution in [0.25, 0.3) is 0 Å². The predicted octanol–water partition coefficient (Wildman–Crippen LogP) is 4.11. The molecule has 4 rings (SSSR count). The Morgan fingerprint density at radius 2 is 2.00 bits per heavy atom. The molecule has 0 amide bonds. The summed E-state index contributed by atoms with van der Waals surface area (Å²) >= 11 is 0. The van der Waals surface area contributed by atoms with Gasteiger partial charge in [0.05, 0.1) is 0 Å². The molecule has 1 fully saturated rings. The summed E-state index contributed by atoms with van der Waals surface area (Å²) in [7, 11) is 0. The topological polar surface area (TPSA) is 60.4 Å². The van der Waals surface area contributed by atoms with Crippen LogP contribution in [0, 0.1) is 22.7 Å². The van der Waals surface area contributed by atoms with Crippen LogP contribution < -0.4 is 0 Å². The monoisotopic (exact) mass is 368 g/mol. The van der Waals surface area contributed by atoms with Crippen molar-refractivity contribution in [1.82, 2.24) is 0 Å². The van der Waals surface area contributed by atoms with Gasteiger partial charge in [0.2, 0.25) is 0 Å². The van der Waals surface area contributed by atoms with Gasteiger partial charge in [-0.3, -0.25) is 14.4 Å². The summed E-state index contributed by atoms with van der Waals surface area (Å²) in [5.74, 6) is 0.681. The maximum Gasteiger partial charge on any atom is 0.303 e. The van der Waals surface area contributed by atoms with E-state index in [1.165, 1.54) is 18.1 Å². The number of carbonyl (C=O) groups excluding carboxylic acids is 3. The Bertz CT molecular complexity index is 814. The lowest BCUT2D eigenvalue weighted by molar-refractivity contribution is -0.145. The fraction of sp³-hybridized carbons (Fsp3) is 0.609. The van der Waals surface area contributed by atoms with Crippen molar-refractivity contribution in [3.8, 4) is 0 Å². The third-order valence-electron chi connectivity index (χ3n) is 7.62. The molecule has 0 aromatic rings. The Hall–Kier alpha value is -1.97. The number of fused-ring (bicyclic) bond motifs is 5. The minimum absolute atomic E-state index is 0.0165. The molecule has 0 aromatic carbocycles. The lowest BCUT2D eigenvalue weighted by Gasteiger charge is -2.53. The number of rotatable bonds is 3. The second-order valence-corrected chi connectivity index (χ2v) is 9.06. The molecule has 0 radical (unpaired) electrons. The summed E-state index contributed by atoms with van der Waals surface area (Å²) in [5.41, 5.74) is 3.49. The first-order valence-corrected chi connectivity index (χ1v) is 10.1. The second-order valence-electron chi connectivity index (χ2n) is 9.06. The van der Waals surface area contributed by atoms with Crippen LogP contribution in [0.5, 0.6) is 0 Å². The van der Waals surface area contributed by atoms with Crippen molar-refractivity contribution in [2.24, 2.45) is 22.7 Å². The Morgan fingerprint density at radius 3 is 2.74 bits per heavy atom. The molecule has 0 bridgehead atoms. The van der Waals surface area contributed by atoms with E-state index in [-0.39, 0.29) is 29.0 Å². The van der Waals surface area contributed by atoms with E-state index < -0.39 is 5.97 Å². The lowest BCUT2D eigenvalue weighted by Crippen LogP contribution is -2.44. The summed E-state index contributed by atoms with van der Waals surface area (Å²) in [5, 5.41) is 0. The fourth-order valence-corrected chi connectivity index (χ4v) is 6.11. The SMILES string of the molecule is CC(=O)OCC(=O)C1=CC[C@@H]2[C@@H]3CCC4=CC(=O)CC[C@]4(C)C3=CC[C@@]12C. The molecular formula is C23H28O4. The van der Waals surface area contributed by atoms with Gasteiger partial charge in [-0.05, 0) is 50.0 Å². The summed E-state index contributed by atoms with van der Waals surface area (Å²) in [4.78, 5) is 35.7. The number of allylic oxidation sites excluding steroid dienone is 5. The van der Waals surface area contributed by atoms with E-state index in [2.05, 4.69) is 26.0 Å². The van der Waals surface area contributed by atoms with Crippen LogP contribution in [0.3, 0.4) is 0 Å². The first kappa shape index (κ1) is 18.4. The fourth-order valence-electron chi connectivity index (χ4n) is 6.11. The first-order chi connectivity index (χ1) is 12.8. The maximum atomic E-state index is 12.7. The highest BCUT2D eigenvalue weighted by Crippen LogP contribution is 2.63. The molecule has 144 valence electrons. The van der Waals surface area contributed by atoms with Crippen LogP contribution in [0.2, 0.25) is 0 Å². The Kier molecular flexibility index (Phi) is 4.28. The summed E-state index contributed by atoms with van der Waals surface area (Å²) < 4.78 is 4.96. The molecule has 4 aliphatic carbocycles. The van der Waals surface area contributed by atoms with Crippen LogP contribution in [-0.2, 0) is 19.1 Å². The average Bonchev–Trinajstić information content (AvgIpc) is 2.97. The molecule has 0 saturated heterocycles. The third kappa shape index (κ3) is 2.76. The van der Waals surface area contributed by atoms with Crippen molar-refractivity contribution in [1.29, 1.82) is 0 Å². The van der Waals surface area contributed by atoms with Gasteiger partial charge in [0, 0.05) is 29.7 Å². The molecular weight excluding hydrogens is 340 g/mol. The Morgan fingerprint density at radius 1 is 1.22 bits per heavy atom. The van der Waals surface area contributed by atoms with Gasteiger partial charge in [-0.1, -0.05) is 37.1 Å². The molecule has 0 heterocycles. The maximum absolute atomic E-state index is 12.7. The van der Waals surface area contributed by atoms with Crippen LogP contribution in [0.15, 0.2) is 34.9 Å². The average molecular weight is 368 g/mol. The van der Waals surface area contributed by atoms with Gasteiger partial charge in [-0.15, -0.1) is 0 Å². The highest BCUT2D eigenvalue weighted by Gasteiger charge is 2.54. The second kappa shape index (κ2) is 6.29. The first-order valence-electron chi connectivity index (χ1n) is 10.1. The van der Waals surface area contributed by atoms with Crippen molar-refractivity contribution >= 4 is 17.5 Å². The largest absolute Gasteiger partial charge is 0.457 e. The van der Waals surface area contributed by atoms with Crippen molar-refractivity contribution < 1.29 is 19.1 Å². The van der Waals surface area contributed by atoms with Gasteiger partial charge in [-0.25, -0.2) is 0 Å². The third-order valence-corrected chi connectivity index (χ3v) is 7.62. The normalized spacial score (nSPS) is 37.3. The van der Waals surface area contributed by atoms with Gasteiger partial charge in [0.15, 0.2) is 18.2 Å². The quantitative estimate of drug-likeness (QED) is 0.556. The molecule has 0 aromatic heterocycles. The van der Waals surface area contributed by atoms with Crippen LogP contribution in [0.4, 0.5) is 0 Å². The molecule has 4 nitrogen and oxygen atoms in total. The van der Waals surface area contributed by atoms with E-state index in [0.717, 1.165) is 37.7 Å². The zero-order chi connectivity index (χ0) is 19.4. The number of esters is 1. The van der Waals surface area contributed by atoms with E-state index in [1.54, 1.807) is 0 Å². The van der Waals surface area contributed by atoms with Crippen LogP contribution in [0.1, 0.15) is 59.3 Å². The Labute approximate surface area is 160 Å². The van der Waals surface area contributed by atoms with Gasteiger partial charge in [-0.2, -0.15) is 0 Å².